The highest BCUT2D eigenvalue weighted by molar-refractivity contribution is 9.10. The van der Waals surface area contributed by atoms with Crippen LogP contribution in [0.5, 0.6) is 5.75 Å². The summed E-state index contributed by atoms with van der Waals surface area (Å²) in [7, 11) is 0. The van der Waals surface area contributed by atoms with Crippen molar-refractivity contribution < 1.29 is 24.0 Å². The molecule has 1 N–H and O–H groups in total. The van der Waals surface area contributed by atoms with Gasteiger partial charge in [-0.3, -0.25) is 14.9 Å². The highest BCUT2D eigenvalue weighted by Gasteiger charge is 2.30. The molecule has 0 unspecified atom stereocenters. The minimum Gasteiger partial charge on any atom is -0.485 e. The largest absolute Gasteiger partial charge is 0.485 e. The van der Waals surface area contributed by atoms with E-state index in [4.69, 9.17) is 9.84 Å². The summed E-state index contributed by atoms with van der Waals surface area (Å²) in [6.45, 7) is 2.55. The minimum atomic E-state index is -1.22. The fraction of sp³-hybridized carbons (Fsp3) is 0.364. The number of hydrogen-bond donors (Lipinski definition) is 1. The van der Waals surface area contributed by atoms with E-state index < -0.39 is 27.8 Å². The second-order valence-electron chi connectivity index (χ2n) is 4.47. The van der Waals surface area contributed by atoms with Crippen molar-refractivity contribution in [3.05, 3.63) is 32.5 Å². The highest BCUT2D eigenvalue weighted by atomic mass is 79.9. The normalized spacial score (nSPS) is 11.2. The lowest BCUT2D eigenvalue weighted by molar-refractivity contribution is -0.386. The van der Waals surface area contributed by atoms with Crippen molar-refractivity contribution in [3.8, 4) is 5.75 Å². The number of aliphatic carboxylic acids is 1. The predicted molar refractivity (Wildman–Crippen MR) is 67.7 cm³/mol. The first-order valence-electron chi connectivity index (χ1n) is 5.15. The van der Waals surface area contributed by atoms with Gasteiger partial charge in [0.15, 0.2) is 0 Å². The van der Waals surface area contributed by atoms with E-state index in [2.05, 4.69) is 15.9 Å². The van der Waals surface area contributed by atoms with E-state index in [-0.39, 0.29) is 16.8 Å². The molecule has 0 aromatic heterocycles. The Kier molecular flexibility index (Phi) is 4.46. The maximum atomic E-state index is 13.1. The van der Waals surface area contributed by atoms with E-state index in [0.29, 0.717) is 6.07 Å². The summed E-state index contributed by atoms with van der Waals surface area (Å²) in [5.41, 5.74) is -1.78. The summed E-state index contributed by atoms with van der Waals surface area (Å²) in [5, 5.41) is 19.7. The molecule has 0 amide bonds. The van der Waals surface area contributed by atoms with Crippen LogP contribution in [0.3, 0.4) is 0 Å². The van der Waals surface area contributed by atoms with Gasteiger partial charge in [0.25, 0.3) is 0 Å². The third kappa shape index (κ3) is 3.63. The van der Waals surface area contributed by atoms with Crippen molar-refractivity contribution in [3.63, 3.8) is 0 Å². The SMILES string of the molecule is CC(C)(COc1c(Br)cc(F)cc1[N+](=O)[O-])C(=O)O. The van der Waals surface area contributed by atoms with Crippen LogP contribution < -0.4 is 4.74 Å². The van der Waals surface area contributed by atoms with E-state index in [1.54, 1.807) is 0 Å². The molecule has 0 saturated carbocycles. The number of ether oxygens (including phenoxy) is 1. The number of rotatable bonds is 5. The molecular formula is C11H11BrFNO5. The summed E-state index contributed by atoms with van der Waals surface area (Å²) < 4.78 is 18.3. The average Bonchev–Trinajstić information content (AvgIpc) is 2.26. The van der Waals surface area contributed by atoms with E-state index in [1.165, 1.54) is 13.8 Å². The number of carbonyl (C=O) groups is 1. The molecule has 1 aromatic rings. The van der Waals surface area contributed by atoms with Gasteiger partial charge in [0, 0.05) is 0 Å². The Hall–Kier alpha value is -1.70. The summed E-state index contributed by atoms with van der Waals surface area (Å²) in [5.74, 6) is -2.09. The van der Waals surface area contributed by atoms with Gasteiger partial charge in [0.1, 0.15) is 12.4 Å². The van der Waals surface area contributed by atoms with Crippen molar-refractivity contribution in [2.45, 2.75) is 13.8 Å². The van der Waals surface area contributed by atoms with Gasteiger partial charge < -0.3 is 9.84 Å². The zero-order valence-electron chi connectivity index (χ0n) is 10.1. The van der Waals surface area contributed by atoms with Crippen molar-refractivity contribution in [1.29, 1.82) is 0 Å². The van der Waals surface area contributed by atoms with Crippen LogP contribution in [0.2, 0.25) is 0 Å². The van der Waals surface area contributed by atoms with Gasteiger partial charge in [0.2, 0.25) is 5.75 Å². The fourth-order valence-electron chi connectivity index (χ4n) is 1.14. The minimum absolute atomic E-state index is 0.0559. The van der Waals surface area contributed by atoms with Crippen molar-refractivity contribution in [1.82, 2.24) is 0 Å². The van der Waals surface area contributed by atoms with E-state index >= 15 is 0 Å². The van der Waals surface area contributed by atoms with E-state index in [9.17, 15) is 19.3 Å². The number of carboxylic acids is 1. The van der Waals surface area contributed by atoms with Crippen molar-refractivity contribution >= 4 is 27.6 Å². The first-order chi connectivity index (χ1) is 8.65. The van der Waals surface area contributed by atoms with Crippen LogP contribution >= 0.6 is 15.9 Å². The molecule has 1 aromatic carbocycles. The molecule has 0 saturated heterocycles. The molecule has 0 fully saturated rings. The monoisotopic (exact) mass is 335 g/mol. The Morgan fingerprint density at radius 1 is 1.58 bits per heavy atom. The van der Waals surface area contributed by atoms with Crippen LogP contribution in [0.4, 0.5) is 10.1 Å². The Morgan fingerprint density at radius 3 is 2.63 bits per heavy atom. The summed E-state index contributed by atoms with van der Waals surface area (Å²) >= 11 is 2.95. The molecule has 6 nitrogen and oxygen atoms in total. The van der Waals surface area contributed by atoms with Gasteiger partial charge in [-0.05, 0) is 35.8 Å². The van der Waals surface area contributed by atoms with Crippen LogP contribution in [0.15, 0.2) is 16.6 Å². The predicted octanol–water partition coefficient (Wildman–Crippen LogP) is 2.99. The standard InChI is InChI=1S/C11H11BrFNO5/c1-11(2,10(15)16)5-19-9-7(12)3-6(13)4-8(9)14(17)18/h3-4H,5H2,1-2H3,(H,15,16). The van der Waals surface area contributed by atoms with Crippen LogP contribution in [-0.2, 0) is 4.79 Å². The Labute approximate surface area is 116 Å². The molecule has 0 aliphatic rings. The summed E-state index contributed by atoms with van der Waals surface area (Å²) in [6, 6.07) is 1.73. The van der Waals surface area contributed by atoms with E-state index in [1.807, 2.05) is 0 Å². The van der Waals surface area contributed by atoms with Gasteiger partial charge in [-0.2, -0.15) is 0 Å². The molecule has 0 radical (unpaired) electrons. The lowest BCUT2D eigenvalue weighted by atomic mass is 9.95. The topological polar surface area (TPSA) is 89.7 Å². The number of nitro benzene ring substituents is 1. The van der Waals surface area contributed by atoms with Gasteiger partial charge in [-0.25, -0.2) is 4.39 Å². The van der Waals surface area contributed by atoms with Crippen molar-refractivity contribution in [2.75, 3.05) is 6.61 Å². The van der Waals surface area contributed by atoms with Crippen LogP contribution in [0.25, 0.3) is 0 Å². The molecule has 104 valence electrons. The molecule has 0 spiro atoms. The smallest absolute Gasteiger partial charge is 0.315 e. The second kappa shape index (κ2) is 5.52. The van der Waals surface area contributed by atoms with Crippen molar-refractivity contribution in [2.24, 2.45) is 5.41 Å². The van der Waals surface area contributed by atoms with Crippen LogP contribution in [0.1, 0.15) is 13.8 Å². The molecular weight excluding hydrogens is 325 g/mol. The third-order valence-electron chi connectivity index (χ3n) is 2.34. The summed E-state index contributed by atoms with van der Waals surface area (Å²) in [6.07, 6.45) is 0. The third-order valence-corrected chi connectivity index (χ3v) is 2.93. The fourth-order valence-corrected chi connectivity index (χ4v) is 1.68. The molecule has 0 bridgehead atoms. The van der Waals surface area contributed by atoms with Crippen LogP contribution in [-0.4, -0.2) is 22.6 Å². The average molecular weight is 336 g/mol. The molecule has 19 heavy (non-hydrogen) atoms. The quantitative estimate of drug-likeness (QED) is 0.659. The maximum absolute atomic E-state index is 13.1. The van der Waals surface area contributed by atoms with Crippen LogP contribution in [0, 0.1) is 21.3 Å². The molecule has 8 heteroatoms. The molecule has 0 atom stereocenters. The number of benzene rings is 1. The first kappa shape index (κ1) is 15.4. The lowest BCUT2D eigenvalue weighted by Crippen LogP contribution is -2.30. The Balaban J connectivity index is 3.08. The lowest BCUT2D eigenvalue weighted by Gasteiger charge is -2.19. The molecule has 0 heterocycles. The molecule has 1 rings (SSSR count). The van der Waals surface area contributed by atoms with Gasteiger partial charge in [0.05, 0.1) is 20.9 Å². The number of halogens is 2. The van der Waals surface area contributed by atoms with Gasteiger partial charge >= 0.3 is 11.7 Å². The number of nitro groups is 1. The number of hydrogen-bond acceptors (Lipinski definition) is 4. The van der Waals surface area contributed by atoms with Gasteiger partial charge in [-0.15, -0.1) is 0 Å². The summed E-state index contributed by atoms with van der Waals surface area (Å²) in [4.78, 5) is 20.9. The molecule has 0 aliphatic heterocycles. The first-order valence-corrected chi connectivity index (χ1v) is 5.94. The maximum Gasteiger partial charge on any atom is 0.315 e. The number of nitrogens with zero attached hydrogens (tertiary/aromatic N) is 1. The zero-order valence-corrected chi connectivity index (χ0v) is 11.7. The second-order valence-corrected chi connectivity index (χ2v) is 5.33. The highest BCUT2D eigenvalue weighted by Crippen LogP contribution is 2.36. The number of carboxylic acid groups (broad SMARTS) is 1. The van der Waals surface area contributed by atoms with E-state index in [0.717, 1.165) is 6.07 Å². The zero-order chi connectivity index (χ0) is 14.8. The Morgan fingerprint density at radius 2 is 2.16 bits per heavy atom. The van der Waals surface area contributed by atoms with Gasteiger partial charge in [-0.1, -0.05) is 0 Å². The Bertz CT molecular complexity index is 532. The molecule has 0 aliphatic carbocycles.